The molecule has 0 aromatic carbocycles. The first-order valence-corrected chi connectivity index (χ1v) is 2.84. The zero-order chi connectivity index (χ0) is 4.99. The van der Waals surface area contributed by atoms with Gasteiger partial charge >= 0.3 is 0 Å². The number of rotatable bonds is 2. The molecule has 0 heterocycles. The second-order valence-corrected chi connectivity index (χ2v) is 2.48. The predicted molar refractivity (Wildman–Crippen MR) is 36.5 cm³/mol. The molecule has 0 aromatic rings. The minimum atomic E-state index is 0.817. The van der Waals surface area contributed by atoms with Crippen LogP contribution in [0.1, 0.15) is 19.8 Å². The molecule has 0 N–H and O–H groups in total. The fourth-order valence-corrected chi connectivity index (χ4v) is 0.642. The van der Waals surface area contributed by atoms with Gasteiger partial charge < -0.3 is 0 Å². The molecule has 2 heteroatoms. The van der Waals surface area contributed by atoms with Gasteiger partial charge in [0.15, 0.2) is 0 Å². The van der Waals surface area contributed by atoms with Gasteiger partial charge in [-0.3, -0.25) is 0 Å². The Morgan fingerprint density at radius 3 is 2.33 bits per heavy atom. The van der Waals surface area contributed by atoms with E-state index in [9.17, 15) is 0 Å². The van der Waals surface area contributed by atoms with Gasteiger partial charge in [0.05, 0.1) is 0 Å². The van der Waals surface area contributed by atoms with Gasteiger partial charge in [0.1, 0.15) is 0 Å². The third kappa shape index (κ3) is 4.44. The molecular weight excluding hydrogens is 112 g/mol. The first-order chi connectivity index (χ1) is 2.77. The number of hydrogen-bond acceptors (Lipinski definition) is 1. The summed E-state index contributed by atoms with van der Waals surface area (Å²) in [6, 6.07) is 0. The van der Waals surface area contributed by atoms with Crippen LogP contribution in [0.5, 0.6) is 0 Å². The van der Waals surface area contributed by atoms with E-state index in [1.165, 1.54) is 0 Å². The van der Waals surface area contributed by atoms with E-state index in [4.69, 9.17) is 0 Å². The SMILES string of the molecule is CCCC(=S)S. The number of thiocarbonyl (C=S) groups is 1. The van der Waals surface area contributed by atoms with Gasteiger partial charge in [-0.25, -0.2) is 0 Å². The van der Waals surface area contributed by atoms with E-state index in [-0.39, 0.29) is 0 Å². The highest BCUT2D eigenvalue weighted by atomic mass is 32.1. The average Bonchev–Trinajstić information content (AvgIpc) is 1.35. The third-order valence-electron chi connectivity index (χ3n) is 0.464. The quantitative estimate of drug-likeness (QED) is 0.430. The molecule has 0 aliphatic rings. The van der Waals surface area contributed by atoms with Gasteiger partial charge in [0.25, 0.3) is 0 Å². The molecule has 0 nitrogen and oxygen atoms in total. The smallest absolute Gasteiger partial charge is 0.0447 e. The highest BCUT2D eigenvalue weighted by Crippen LogP contribution is 1.93. The van der Waals surface area contributed by atoms with E-state index in [0.717, 1.165) is 17.0 Å². The summed E-state index contributed by atoms with van der Waals surface area (Å²) >= 11 is 8.57. The Morgan fingerprint density at radius 1 is 1.83 bits per heavy atom. The first-order valence-electron chi connectivity index (χ1n) is 1.99. The van der Waals surface area contributed by atoms with E-state index in [1.54, 1.807) is 0 Å². The summed E-state index contributed by atoms with van der Waals surface area (Å²) < 4.78 is 0.817. The molecule has 0 spiro atoms. The lowest BCUT2D eigenvalue weighted by atomic mass is 10.4. The zero-order valence-corrected chi connectivity index (χ0v) is 5.48. The highest BCUT2D eigenvalue weighted by Gasteiger charge is 1.80. The van der Waals surface area contributed by atoms with Crippen molar-refractivity contribution in [3.63, 3.8) is 0 Å². The Balaban J connectivity index is 2.83. The van der Waals surface area contributed by atoms with Crippen molar-refractivity contribution in [2.45, 2.75) is 19.8 Å². The maximum Gasteiger partial charge on any atom is 0.0447 e. The van der Waals surface area contributed by atoms with Crippen molar-refractivity contribution in [1.82, 2.24) is 0 Å². The van der Waals surface area contributed by atoms with Crippen LogP contribution in [0, 0.1) is 0 Å². The van der Waals surface area contributed by atoms with E-state index >= 15 is 0 Å². The minimum absolute atomic E-state index is 0.817. The summed E-state index contributed by atoms with van der Waals surface area (Å²) in [5.74, 6) is 0. The summed E-state index contributed by atoms with van der Waals surface area (Å²) in [5, 5.41) is 0. The maximum atomic E-state index is 4.66. The normalized spacial score (nSPS) is 8.33. The van der Waals surface area contributed by atoms with Crippen LogP contribution in [0.3, 0.4) is 0 Å². The third-order valence-corrected chi connectivity index (χ3v) is 0.892. The van der Waals surface area contributed by atoms with Crippen molar-refractivity contribution in [2.75, 3.05) is 0 Å². The van der Waals surface area contributed by atoms with Crippen LogP contribution in [0.15, 0.2) is 0 Å². The van der Waals surface area contributed by atoms with Crippen molar-refractivity contribution in [3.8, 4) is 0 Å². The van der Waals surface area contributed by atoms with Gasteiger partial charge in [-0.05, 0) is 6.42 Å². The van der Waals surface area contributed by atoms with Gasteiger partial charge in [0, 0.05) is 4.20 Å². The lowest BCUT2D eigenvalue weighted by Crippen LogP contribution is -1.75. The maximum absolute atomic E-state index is 4.66. The second-order valence-electron chi connectivity index (χ2n) is 1.14. The average molecular weight is 120 g/mol. The Hall–Kier alpha value is 0.440. The topological polar surface area (TPSA) is 0 Å². The van der Waals surface area contributed by atoms with Crippen LogP contribution in [-0.2, 0) is 0 Å². The largest absolute Gasteiger partial charge is 0.136 e. The van der Waals surface area contributed by atoms with Gasteiger partial charge in [-0.15, -0.1) is 12.6 Å². The van der Waals surface area contributed by atoms with E-state index in [0.29, 0.717) is 0 Å². The van der Waals surface area contributed by atoms with Gasteiger partial charge in [0.2, 0.25) is 0 Å². The number of thiol groups is 1. The summed E-state index contributed by atoms with van der Waals surface area (Å²) in [6.45, 7) is 2.09. The molecule has 0 radical (unpaired) electrons. The molecule has 0 atom stereocenters. The van der Waals surface area contributed by atoms with Crippen molar-refractivity contribution < 1.29 is 0 Å². The summed E-state index contributed by atoms with van der Waals surface area (Å²) in [4.78, 5) is 0. The van der Waals surface area contributed by atoms with Gasteiger partial charge in [-0.1, -0.05) is 25.6 Å². The van der Waals surface area contributed by atoms with Crippen LogP contribution in [0.2, 0.25) is 0 Å². The molecule has 0 saturated heterocycles. The Bertz CT molecular complexity index is 49.5. The summed E-state index contributed by atoms with van der Waals surface area (Å²) in [5.41, 5.74) is 0. The summed E-state index contributed by atoms with van der Waals surface area (Å²) in [6.07, 6.45) is 2.08. The van der Waals surface area contributed by atoms with Crippen molar-refractivity contribution >= 4 is 29.0 Å². The molecule has 36 valence electrons. The molecular formula is C4H8S2. The fraction of sp³-hybridized carbons (Fsp3) is 0.750. The van der Waals surface area contributed by atoms with Crippen molar-refractivity contribution in [1.29, 1.82) is 0 Å². The molecule has 6 heavy (non-hydrogen) atoms. The molecule has 0 unspecified atom stereocenters. The van der Waals surface area contributed by atoms with E-state index in [2.05, 4.69) is 31.8 Å². The molecule has 0 amide bonds. The molecule has 0 rings (SSSR count). The lowest BCUT2D eigenvalue weighted by molar-refractivity contribution is 1.01. The van der Waals surface area contributed by atoms with Crippen LogP contribution in [0.25, 0.3) is 0 Å². The van der Waals surface area contributed by atoms with E-state index < -0.39 is 0 Å². The molecule has 0 fully saturated rings. The minimum Gasteiger partial charge on any atom is -0.136 e. The van der Waals surface area contributed by atoms with Crippen LogP contribution >= 0.6 is 24.8 Å². The zero-order valence-electron chi connectivity index (χ0n) is 3.77. The van der Waals surface area contributed by atoms with Gasteiger partial charge in [-0.2, -0.15) is 0 Å². The Labute approximate surface area is 49.3 Å². The Morgan fingerprint density at radius 2 is 2.33 bits per heavy atom. The molecule has 0 bridgehead atoms. The molecule has 0 aliphatic carbocycles. The number of hydrogen-bond donors (Lipinski definition) is 1. The highest BCUT2D eigenvalue weighted by molar-refractivity contribution is 8.11. The van der Waals surface area contributed by atoms with Crippen LogP contribution in [-0.4, -0.2) is 4.20 Å². The molecule has 0 aromatic heterocycles. The van der Waals surface area contributed by atoms with Crippen molar-refractivity contribution in [2.24, 2.45) is 0 Å². The van der Waals surface area contributed by atoms with Crippen molar-refractivity contribution in [3.05, 3.63) is 0 Å². The van der Waals surface area contributed by atoms with Crippen LogP contribution < -0.4 is 0 Å². The molecule has 0 saturated carbocycles. The standard InChI is InChI=1S/C4H8S2/c1-2-3-4(5)6/h2-3H2,1H3,(H,5,6). The van der Waals surface area contributed by atoms with E-state index in [1.807, 2.05) is 0 Å². The molecule has 0 aliphatic heterocycles. The van der Waals surface area contributed by atoms with Crippen LogP contribution in [0.4, 0.5) is 0 Å². The summed E-state index contributed by atoms with van der Waals surface area (Å²) in [7, 11) is 0. The second kappa shape index (κ2) is 3.62. The lowest BCUT2D eigenvalue weighted by Gasteiger charge is -1.83. The first kappa shape index (κ1) is 6.44. The fourth-order valence-electron chi connectivity index (χ4n) is 0.214. The monoisotopic (exact) mass is 120 g/mol. The Kier molecular flexibility index (Phi) is 3.89. The predicted octanol–water partition coefficient (Wildman–Crippen LogP) is 2.04.